The van der Waals surface area contributed by atoms with E-state index in [2.05, 4.69) is 82.1 Å². The van der Waals surface area contributed by atoms with Crippen LogP contribution in [0.3, 0.4) is 0 Å². The summed E-state index contributed by atoms with van der Waals surface area (Å²) in [6, 6.07) is 12.6. The SMILES string of the molecule is C=C/C=C(\C=C/C)c1cc(-c2ccc(Br)cc2)cc(C2=CC=NCC=C2)n1. The van der Waals surface area contributed by atoms with E-state index in [0.717, 1.165) is 38.1 Å². The average Bonchev–Trinajstić information content (AvgIpc) is 2.97. The van der Waals surface area contributed by atoms with Crippen LogP contribution in [-0.2, 0) is 0 Å². The van der Waals surface area contributed by atoms with Crippen LogP contribution in [0.1, 0.15) is 18.3 Å². The Bertz CT molecular complexity index is 954. The Kier molecular flexibility index (Phi) is 6.50. The Labute approximate surface area is 169 Å². The number of hydrogen-bond acceptors (Lipinski definition) is 2. The molecular formula is C24H21BrN2. The lowest BCUT2D eigenvalue weighted by atomic mass is 9.99. The number of allylic oxidation sites excluding steroid dienone is 8. The normalized spacial score (nSPS) is 14.3. The lowest BCUT2D eigenvalue weighted by Crippen LogP contribution is -1.96. The number of aliphatic imine (C=N–C) groups is 1. The summed E-state index contributed by atoms with van der Waals surface area (Å²) in [5.41, 5.74) is 6.19. The molecule has 2 heterocycles. The van der Waals surface area contributed by atoms with E-state index in [1.54, 1.807) is 6.08 Å². The molecule has 0 N–H and O–H groups in total. The lowest BCUT2D eigenvalue weighted by Gasteiger charge is -2.11. The maximum Gasteiger partial charge on any atom is 0.0716 e. The molecular weight excluding hydrogens is 396 g/mol. The fraction of sp³-hybridized carbons (Fsp3) is 0.0833. The van der Waals surface area contributed by atoms with Gasteiger partial charge in [0.05, 0.1) is 17.9 Å². The second kappa shape index (κ2) is 9.24. The summed E-state index contributed by atoms with van der Waals surface area (Å²) >= 11 is 3.51. The molecule has 0 spiro atoms. The summed E-state index contributed by atoms with van der Waals surface area (Å²) in [6.45, 7) is 6.54. The Balaban J connectivity index is 2.19. The third-order valence-corrected chi connectivity index (χ3v) is 4.63. The van der Waals surface area contributed by atoms with Crippen molar-refractivity contribution in [3.63, 3.8) is 0 Å². The lowest BCUT2D eigenvalue weighted by molar-refractivity contribution is 1.24. The molecule has 3 heteroatoms. The largest absolute Gasteiger partial charge is 0.289 e. The Morgan fingerprint density at radius 3 is 2.70 bits per heavy atom. The zero-order chi connectivity index (χ0) is 19.1. The molecule has 1 aliphatic rings. The minimum absolute atomic E-state index is 0.694. The van der Waals surface area contributed by atoms with Crippen LogP contribution in [0, 0.1) is 0 Å². The molecule has 0 amide bonds. The van der Waals surface area contributed by atoms with Gasteiger partial charge >= 0.3 is 0 Å². The summed E-state index contributed by atoms with van der Waals surface area (Å²) in [5, 5.41) is 0. The predicted molar refractivity (Wildman–Crippen MR) is 121 cm³/mol. The quantitative estimate of drug-likeness (QED) is 0.498. The van der Waals surface area contributed by atoms with Crippen molar-refractivity contribution in [3.8, 4) is 11.1 Å². The van der Waals surface area contributed by atoms with Crippen LogP contribution in [0.15, 0.2) is 95.0 Å². The molecule has 0 saturated heterocycles. The van der Waals surface area contributed by atoms with Gasteiger partial charge in [0.2, 0.25) is 0 Å². The van der Waals surface area contributed by atoms with Crippen molar-refractivity contribution < 1.29 is 0 Å². The first kappa shape index (κ1) is 19.0. The molecule has 2 aromatic rings. The van der Waals surface area contributed by atoms with Gasteiger partial charge in [-0.15, -0.1) is 0 Å². The molecule has 0 atom stereocenters. The summed E-state index contributed by atoms with van der Waals surface area (Å²) in [6.07, 6.45) is 15.8. The first-order chi connectivity index (χ1) is 13.2. The molecule has 0 fully saturated rings. The summed E-state index contributed by atoms with van der Waals surface area (Å²) in [7, 11) is 0. The first-order valence-electron chi connectivity index (χ1n) is 8.82. The number of rotatable bonds is 5. The molecule has 134 valence electrons. The summed E-state index contributed by atoms with van der Waals surface area (Å²) in [4.78, 5) is 9.22. The van der Waals surface area contributed by atoms with Gasteiger partial charge in [-0.25, -0.2) is 4.98 Å². The van der Waals surface area contributed by atoms with Gasteiger partial charge < -0.3 is 0 Å². The van der Waals surface area contributed by atoms with Gasteiger partial charge in [0.1, 0.15) is 0 Å². The molecule has 0 radical (unpaired) electrons. The Morgan fingerprint density at radius 1 is 1.15 bits per heavy atom. The highest BCUT2D eigenvalue weighted by Gasteiger charge is 2.10. The smallest absolute Gasteiger partial charge is 0.0716 e. The van der Waals surface area contributed by atoms with Gasteiger partial charge in [0.15, 0.2) is 0 Å². The van der Waals surface area contributed by atoms with Gasteiger partial charge in [-0.2, -0.15) is 0 Å². The van der Waals surface area contributed by atoms with Gasteiger partial charge in [-0.3, -0.25) is 4.99 Å². The van der Waals surface area contributed by atoms with E-state index < -0.39 is 0 Å². The molecule has 3 rings (SSSR count). The van der Waals surface area contributed by atoms with E-state index in [-0.39, 0.29) is 0 Å². The molecule has 0 saturated carbocycles. The minimum Gasteiger partial charge on any atom is -0.289 e. The van der Waals surface area contributed by atoms with Crippen molar-refractivity contribution >= 4 is 33.3 Å². The number of hydrogen-bond donors (Lipinski definition) is 0. The average molecular weight is 417 g/mol. The highest BCUT2D eigenvalue weighted by Crippen LogP contribution is 2.28. The molecule has 0 bridgehead atoms. The summed E-state index contributed by atoms with van der Waals surface area (Å²) < 4.78 is 1.06. The van der Waals surface area contributed by atoms with Gasteiger partial charge in [-0.1, -0.05) is 71.1 Å². The fourth-order valence-corrected chi connectivity index (χ4v) is 3.09. The van der Waals surface area contributed by atoms with Crippen LogP contribution in [0.25, 0.3) is 22.3 Å². The van der Waals surface area contributed by atoms with E-state index in [0.29, 0.717) is 6.54 Å². The van der Waals surface area contributed by atoms with E-state index in [9.17, 15) is 0 Å². The Morgan fingerprint density at radius 2 is 1.96 bits per heavy atom. The third kappa shape index (κ3) is 4.89. The molecule has 2 nitrogen and oxygen atoms in total. The van der Waals surface area contributed by atoms with Crippen molar-refractivity contribution in [2.24, 2.45) is 4.99 Å². The predicted octanol–water partition coefficient (Wildman–Crippen LogP) is 6.68. The second-order valence-electron chi connectivity index (χ2n) is 6.03. The van der Waals surface area contributed by atoms with Crippen LogP contribution in [0.4, 0.5) is 0 Å². The van der Waals surface area contributed by atoms with Crippen LogP contribution >= 0.6 is 15.9 Å². The second-order valence-corrected chi connectivity index (χ2v) is 6.95. The highest BCUT2D eigenvalue weighted by molar-refractivity contribution is 9.10. The first-order valence-corrected chi connectivity index (χ1v) is 9.61. The third-order valence-electron chi connectivity index (χ3n) is 4.11. The molecule has 27 heavy (non-hydrogen) atoms. The Hall–Kier alpha value is -2.78. The number of aromatic nitrogens is 1. The number of halogens is 1. The van der Waals surface area contributed by atoms with Crippen molar-refractivity contribution in [1.29, 1.82) is 0 Å². The van der Waals surface area contributed by atoms with E-state index in [1.165, 1.54) is 0 Å². The topological polar surface area (TPSA) is 25.2 Å². The van der Waals surface area contributed by atoms with Gasteiger partial charge in [0.25, 0.3) is 0 Å². The number of benzene rings is 1. The minimum atomic E-state index is 0.694. The number of pyridine rings is 1. The van der Waals surface area contributed by atoms with E-state index in [4.69, 9.17) is 4.98 Å². The van der Waals surface area contributed by atoms with Crippen LogP contribution < -0.4 is 0 Å². The molecule has 0 aliphatic carbocycles. The van der Waals surface area contributed by atoms with Crippen LogP contribution in [-0.4, -0.2) is 17.7 Å². The van der Waals surface area contributed by atoms with Crippen molar-refractivity contribution in [3.05, 3.63) is 101 Å². The van der Waals surface area contributed by atoms with Crippen molar-refractivity contribution in [1.82, 2.24) is 4.98 Å². The van der Waals surface area contributed by atoms with E-state index in [1.807, 2.05) is 31.4 Å². The van der Waals surface area contributed by atoms with Crippen LogP contribution in [0.5, 0.6) is 0 Å². The zero-order valence-electron chi connectivity index (χ0n) is 15.3. The van der Waals surface area contributed by atoms with Gasteiger partial charge in [-0.05, 0) is 54.0 Å². The van der Waals surface area contributed by atoms with Gasteiger partial charge in [0, 0.05) is 16.3 Å². The molecule has 1 aromatic heterocycles. The summed E-state index contributed by atoms with van der Waals surface area (Å²) in [5.74, 6) is 0. The zero-order valence-corrected chi connectivity index (χ0v) is 16.9. The van der Waals surface area contributed by atoms with Crippen molar-refractivity contribution in [2.75, 3.05) is 6.54 Å². The van der Waals surface area contributed by atoms with Crippen LogP contribution in [0.2, 0.25) is 0 Å². The van der Waals surface area contributed by atoms with E-state index >= 15 is 0 Å². The van der Waals surface area contributed by atoms with Crippen molar-refractivity contribution in [2.45, 2.75) is 6.92 Å². The maximum atomic E-state index is 4.92. The highest BCUT2D eigenvalue weighted by atomic mass is 79.9. The standard InChI is InChI=1S/C24H21BrN2/c1-3-6-19(7-4-2)23-16-21(18-9-11-22(25)12-10-18)17-24(27-23)20-8-5-14-26-15-13-20/h3-13,15-17H,1,14H2,2H3/b7-4-,19-6+. The maximum absolute atomic E-state index is 4.92. The molecule has 0 unspecified atom stereocenters. The molecule has 1 aliphatic heterocycles. The molecule has 1 aromatic carbocycles. The monoisotopic (exact) mass is 416 g/mol. The fourth-order valence-electron chi connectivity index (χ4n) is 2.83. The number of nitrogens with zero attached hydrogens (tertiary/aromatic N) is 2.